The van der Waals surface area contributed by atoms with Gasteiger partial charge in [-0.3, -0.25) is 9.69 Å². The third kappa shape index (κ3) is 5.02. The van der Waals surface area contributed by atoms with Gasteiger partial charge in [-0.25, -0.2) is 0 Å². The zero-order valence-electron chi connectivity index (χ0n) is 11.0. The van der Waals surface area contributed by atoms with Crippen molar-refractivity contribution in [1.82, 2.24) is 10.2 Å². The van der Waals surface area contributed by atoms with Crippen LogP contribution in [0.2, 0.25) is 0 Å². The number of hydrogen-bond donors (Lipinski definition) is 2. The fourth-order valence-electron chi connectivity index (χ4n) is 1.99. The zero-order chi connectivity index (χ0) is 12.7. The standard InChI is InChI=1S/C12H25N3O2/c1-3-4-12(2,13)11(16)14-5-6-15-7-9-17-10-8-15/h3-10,13H2,1-2H3,(H,14,16). The van der Waals surface area contributed by atoms with Crippen LogP contribution in [0.15, 0.2) is 0 Å². The van der Waals surface area contributed by atoms with E-state index in [2.05, 4.69) is 10.2 Å². The number of nitrogens with one attached hydrogen (secondary N) is 1. The van der Waals surface area contributed by atoms with Crippen LogP contribution in [-0.2, 0) is 9.53 Å². The maximum Gasteiger partial charge on any atom is 0.239 e. The first-order valence-corrected chi connectivity index (χ1v) is 6.43. The molecule has 0 aromatic heterocycles. The van der Waals surface area contributed by atoms with Gasteiger partial charge in [-0.2, -0.15) is 0 Å². The third-order valence-electron chi connectivity index (χ3n) is 3.11. The summed E-state index contributed by atoms with van der Waals surface area (Å²) in [5, 5.41) is 2.91. The summed E-state index contributed by atoms with van der Waals surface area (Å²) in [6.07, 6.45) is 1.64. The number of rotatable bonds is 6. The molecule has 1 amide bonds. The van der Waals surface area contributed by atoms with Gasteiger partial charge < -0.3 is 15.8 Å². The van der Waals surface area contributed by atoms with E-state index in [1.54, 1.807) is 6.92 Å². The Kier molecular flexibility index (Phi) is 5.88. The van der Waals surface area contributed by atoms with Crippen molar-refractivity contribution >= 4 is 5.91 Å². The summed E-state index contributed by atoms with van der Waals surface area (Å²) in [5.41, 5.74) is 5.21. The molecule has 1 aliphatic rings. The van der Waals surface area contributed by atoms with Gasteiger partial charge in [-0.05, 0) is 13.3 Å². The first kappa shape index (κ1) is 14.4. The Morgan fingerprint density at radius 1 is 1.47 bits per heavy atom. The van der Waals surface area contributed by atoms with Crippen LogP contribution in [0.4, 0.5) is 0 Å². The van der Waals surface area contributed by atoms with Crippen LogP contribution in [0, 0.1) is 0 Å². The van der Waals surface area contributed by atoms with Crippen LogP contribution in [0.5, 0.6) is 0 Å². The van der Waals surface area contributed by atoms with Gasteiger partial charge in [-0.1, -0.05) is 13.3 Å². The van der Waals surface area contributed by atoms with Crippen molar-refractivity contribution in [3.8, 4) is 0 Å². The quantitative estimate of drug-likeness (QED) is 0.686. The summed E-state index contributed by atoms with van der Waals surface area (Å²) in [5.74, 6) is -0.0485. The Hall–Kier alpha value is -0.650. The van der Waals surface area contributed by atoms with Crippen molar-refractivity contribution in [3.05, 3.63) is 0 Å². The van der Waals surface area contributed by atoms with Crippen LogP contribution in [0.1, 0.15) is 26.7 Å². The molecule has 0 aromatic rings. The van der Waals surface area contributed by atoms with Gasteiger partial charge in [-0.15, -0.1) is 0 Å². The SMILES string of the molecule is CCCC(C)(N)C(=O)NCCN1CCOCC1. The number of carbonyl (C=O) groups excluding carboxylic acids is 1. The van der Waals surface area contributed by atoms with Gasteiger partial charge in [0.15, 0.2) is 0 Å². The minimum atomic E-state index is -0.736. The van der Waals surface area contributed by atoms with Crippen molar-refractivity contribution in [2.75, 3.05) is 39.4 Å². The highest BCUT2D eigenvalue weighted by atomic mass is 16.5. The fraction of sp³-hybridized carbons (Fsp3) is 0.917. The molecular weight excluding hydrogens is 218 g/mol. The number of hydrogen-bond acceptors (Lipinski definition) is 4. The van der Waals surface area contributed by atoms with Crippen LogP contribution >= 0.6 is 0 Å². The molecule has 1 saturated heterocycles. The smallest absolute Gasteiger partial charge is 0.239 e. The predicted molar refractivity (Wildman–Crippen MR) is 67.8 cm³/mol. The molecule has 0 bridgehead atoms. The molecule has 0 saturated carbocycles. The van der Waals surface area contributed by atoms with Crippen molar-refractivity contribution in [1.29, 1.82) is 0 Å². The number of amides is 1. The first-order valence-electron chi connectivity index (χ1n) is 6.43. The summed E-state index contributed by atoms with van der Waals surface area (Å²) in [6, 6.07) is 0. The Balaban J connectivity index is 2.18. The fourth-order valence-corrected chi connectivity index (χ4v) is 1.99. The van der Waals surface area contributed by atoms with Crippen molar-refractivity contribution < 1.29 is 9.53 Å². The molecule has 3 N–H and O–H groups in total. The second kappa shape index (κ2) is 6.93. The number of nitrogens with two attached hydrogens (primary N) is 1. The highest BCUT2D eigenvalue weighted by molar-refractivity contribution is 5.85. The lowest BCUT2D eigenvalue weighted by molar-refractivity contribution is -0.126. The van der Waals surface area contributed by atoms with E-state index in [1.807, 2.05) is 6.92 Å². The molecule has 1 aliphatic heterocycles. The van der Waals surface area contributed by atoms with Crippen molar-refractivity contribution in [2.45, 2.75) is 32.2 Å². The topological polar surface area (TPSA) is 67.6 Å². The highest BCUT2D eigenvalue weighted by Crippen LogP contribution is 2.08. The van der Waals surface area contributed by atoms with Gasteiger partial charge in [0.2, 0.25) is 5.91 Å². The lowest BCUT2D eigenvalue weighted by atomic mass is 9.97. The average molecular weight is 243 g/mol. The molecule has 100 valence electrons. The lowest BCUT2D eigenvalue weighted by Crippen LogP contribution is -2.53. The molecule has 1 heterocycles. The lowest BCUT2D eigenvalue weighted by Gasteiger charge is -2.28. The van der Waals surface area contributed by atoms with Crippen LogP contribution < -0.4 is 11.1 Å². The van der Waals surface area contributed by atoms with E-state index in [1.165, 1.54) is 0 Å². The Morgan fingerprint density at radius 2 is 2.12 bits per heavy atom. The number of nitrogens with zero attached hydrogens (tertiary/aromatic N) is 1. The summed E-state index contributed by atoms with van der Waals surface area (Å²) >= 11 is 0. The van der Waals surface area contributed by atoms with E-state index < -0.39 is 5.54 Å². The molecule has 0 radical (unpaired) electrons. The Bertz CT molecular complexity index is 238. The number of carbonyl (C=O) groups is 1. The van der Waals surface area contributed by atoms with E-state index in [4.69, 9.17) is 10.5 Å². The van der Waals surface area contributed by atoms with Gasteiger partial charge in [0.1, 0.15) is 0 Å². The van der Waals surface area contributed by atoms with E-state index in [9.17, 15) is 4.79 Å². The summed E-state index contributed by atoms with van der Waals surface area (Å²) < 4.78 is 5.26. The van der Waals surface area contributed by atoms with Crippen molar-refractivity contribution in [2.24, 2.45) is 5.73 Å². The van der Waals surface area contributed by atoms with Crippen LogP contribution in [0.25, 0.3) is 0 Å². The Morgan fingerprint density at radius 3 is 2.71 bits per heavy atom. The molecule has 1 rings (SSSR count). The van der Waals surface area contributed by atoms with Crippen molar-refractivity contribution in [3.63, 3.8) is 0 Å². The normalized spacial score (nSPS) is 20.9. The molecule has 1 fully saturated rings. The van der Waals surface area contributed by atoms with Crippen LogP contribution in [-0.4, -0.2) is 55.7 Å². The predicted octanol–water partition coefficient (Wildman–Crippen LogP) is -0.0477. The van der Waals surface area contributed by atoms with Crippen LogP contribution in [0.3, 0.4) is 0 Å². The molecule has 17 heavy (non-hydrogen) atoms. The maximum absolute atomic E-state index is 11.8. The second-order valence-corrected chi connectivity index (χ2v) is 4.88. The molecule has 5 heteroatoms. The molecule has 5 nitrogen and oxygen atoms in total. The number of ether oxygens (including phenoxy) is 1. The van der Waals surface area contributed by atoms with Gasteiger partial charge in [0.25, 0.3) is 0 Å². The maximum atomic E-state index is 11.8. The van der Waals surface area contributed by atoms with E-state index in [0.29, 0.717) is 6.54 Å². The average Bonchev–Trinajstić information content (AvgIpc) is 2.30. The van der Waals surface area contributed by atoms with Gasteiger partial charge in [0, 0.05) is 26.2 Å². The van der Waals surface area contributed by atoms with E-state index in [-0.39, 0.29) is 5.91 Å². The molecule has 0 aromatic carbocycles. The van der Waals surface area contributed by atoms with E-state index in [0.717, 1.165) is 45.7 Å². The number of morpholine rings is 1. The highest BCUT2D eigenvalue weighted by Gasteiger charge is 2.26. The van der Waals surface area contributed by atoms with E-state index >= 15 is 0 Å². The monoisotopic (exact) mass is 243 g/mol. The minimum Gasteiger partial charge on any atom is -0.379 e. The zero-order valence-corrected chi connectivity index (χ0v) is 11.0. The minimum absolute atomic E-state index is 0.0485. The second-order valence-electron chi connectivity index (χ2n) is 4.88. The van der Waals surface area contributed by atoms with Gasteiger partial charge >= 0.3 is 0 Å². The molecule has 1 atom stereocenters. The Labute approximate surface area is 104 Å². The molecule has 0 aliphatic carbocycles. The molecule has 1 unspecified atom stereocenters. The largest absolute Gasteiger partial charge is 0.379 e. The first-order chi connectivity index (χ1) is 8.06. The summed E-state index contributed by atoms with van der Waals surface area (Å²) in [6.45, 7) is 8.84. The summed E-state index contributed by atoms with van der Waals surface area (Å²) in [7, 11) is 0. The molecular formula is C12H25N3O2. The van der Waals surface area contributed by atoms with Gasteiger partial charge in [0.05, 0.1) is 18.8 Å². The third-order valence-corrected chi connectivity index (χ3v) is 3.11. The summed E-state index contributed by atoms with van der Waals surface area (Å²) in [4.78, 5) is 14.1. The molecule has 0 spiro atoms.